The molecule has 1 atom stereocenters. The van der Waals surface area contributed by atoms with Gasteiger partial charge in [-0.3, -0.25) is 0 Å². The molecule has 4 nitrogen and oxygen atoms in total. The molecule has 6 rings (SSSR count). The van der Waals surface area contributed by atoms with Gasteiger partial charge in [-0.15, -0.1) is 0 Å². The molecule has 5 heteroatoms. The quantitative estimate of drug-likeness (QED) is 0.258. The molecule has 1 aliphatic rings. The molecule has 36 heavy (non-hydrogen) atoms. The van der Waals surface area contributed by atoms with Gasteiger partial charge in [0, 0.05) is 22.4 Å². The van der Waals surface area contributed by atoms with Gasteiger partial charge in [0.25, 0.3) is 0 Å². The van der Waals surface area contributed by atoms with Gasteiger partial charge in [0.05, 0.1) is 23.0 Å². The molecule has 5 aromatic rings. The molecule has 1 aliphatic heterocycles. The predicted molar refractivity (Wildman–Crippen MR) is 149 cm³/mol. The normalized spacial score (nSPS) is 15.4. The molecule has 1 unspecified atom stereocenters. The maximum absolute atomic E-state index is 6.38. The van der Waals surface area contributed by atoms with Crippen LogP contribution in [0, 0.1) is 13.8 Å². The van der Waals surface area contributed by atoms with Crippen molar-refractivity contribution in [3.63, 3.8) is 0 Å². The molecule has 2 heterocycles. The second kappa shape index (κ2) is 9.21. The first-order chi connectivity index (χ1) is 17.6. The van der Waals surface area contributed by atoms with Crippen LogP contribution in [-0.2, 0) is 0 Å². The van der Waals surface area contributed by atoms with E-state index >= 15 is 0 Å². The first kappa shape index (κ1) is 22.4. The molecule has 0 bridgehead atoms. The van der Waals surface area contributed by atoms with Crippen molar-refractivity contribution in [2.24, 2.45) is 5.10 Å². The minimum absolute atomic E-state index is 0.00382. The average molecular weight is 489 g/mol. The number of hydrogen-bond donors (Lipinski definition) is 0. The molecule has 0 amide bonds. The SMILES string of the molecule is Cc1ccc(C2=NN(c3nc(-c4ccccc4)c4cc(Cl)ccc4n3)C(c3ccccc3C)C2)cc1. The Kier molecular flexibility index (Phi) is 5.74. The standard InChI is InChI=1S/C31H25ClN4/c1-20-12-14-22(15-13-20)28-19-29(25-11-7-6-8-21(25)2)36(35-28)31-33-27-17-16-24(32)18-26(27)30(34-31)23-9-4-3-5-10-23/h3-18,29H,19H2,1-2H3. The second-order valence-electron chi connectivity index (χ2n) is 9.23. The lowest BCUT2D eigenvalue weighted by Gasteiger charge is -2.24. The highest BCUT2D eigenvalue weighted by Crippen LogP contribution is 2.38. The van der Waals surface area contributed by atoms with Crippen LogP contribution >= 0.6 is 11.6 Å². The highest BCUT2D eigenvalue weighted by atomic mass is 35.5. The van der Waals surface area contributed by atoms with Gasteiger partial charge in [0.2, 0.25) is 5.95 Å². The van der Waals surface area contributed by atoms with Crippen LogP contribution in [0.1, 0.15) is 34.7 Å². The van der Waals surface area contributed by atoms with Crippen LogP contribution in [0.25, 0.3) is 22.2 Å². The Balaban J connectivity index is 1.55. The molecule has 0 aliphatic carbocycles. The number of nitrogens with zero attached hydrogens (tertiary/aromatic N) is 4. The summed E-state index contributed by atoms with van der Waals surface area (Å²) in [6.07, 6.45) is 0.774. The number of fused-ring (bicyclic) bond motifs is 1. The topological polar surface area (TPSA) is 41.4 Å². The predicted octanol–water partition coefficient (Wildman–Crippen LogP) is 7.92. The van der Waals surface area contributed by atoms with Crippen LogP contribution in [0.5, 0.6) is 0 Å². The minimum Gasteiger partial charge on any atom is -0.223 e. The van der Waals surface area contributed by atoms with Crippen molar-refractivity contribution in [3.05, 3.63) is 124 Å². The Morgan fingerprint density at radius 1 is 0.778 bits per heavy atom. The molecule has 0 spiro atoms. The van der Waals surface area contributed by atoms with Crippen molar-refractivity contribution in [2.75, 3.05) is 5.01 Å². The van der Waals surface area contributed by atoms with Crippen molar-refractivity contribution in [1.82, 2.24) is 9.97 Å². The van der Waals surface area contributed by atoms with Crippen LogP contribution in [0.15, 0.2) is 102 Å². The number of hydrazone groups is 1. The van der Waals surface area contributed by atoms with Crippen LogP contribution in [0.2, 0.25) is 5.02 Å². The fraction of sp³-hybridized carbons (Fsp3) is 0.129. The lowest BCUT2D eigenvalue weighted by molar-refractivity contribution is 0.685. The summed E-state index contributed by atoms with van der Waals surface area (Å²) >= 11 is 6.38. The fourth-order valence-corrected chi connectivity index (χ4v) is 5.00. The number of aromatic nitrogens is 2. The first-order valence-electron chi connectivity index (χ1n) is 12.1. The maximum atomic E-state index is 6.38. The van der Waals surface area contributed by atoms with E-state index in [0.29, 0.717) is 11.0 Å². The zero-order chi connectivity index (χ0) is 24.6. The third kappa shape index (κ3) is 4.14. The summed E-state index contributed by atoms with van der Waals surface area (Å²) in [5.74, 6) is 0.582. The third-order valence-corrected chi connectivity index (χ3v) is 6.98. The molecular weight excluding hydrogens is 464 g/mol. The van der Waals surface area contributed by atoms with E-state index in [0.717, 1.165) is 39.9 Å². The fourth-order valence-electron chi connectivity index (χ4n) is 4.83. The molecule has 0 N–H and O–H groups in total. The Hall–Kier alpha value is -4.02. The van der Waals surface area contributed by atoms with E-state index in [2.05, 4.69) is 74.5 Å². The molecule has 176 valence electrons. The minimum atomic E-state index is -0.00382. The summed E-state index contributed by atoms with van der Waals surface area (Å²) in [6.45, 7) is 4.25. The number of anilines is 1. The summed E-state index contributed by atoms with van der Waals surface area (Å²) in [5, 5.41) is 8.70. The van der Waals surface area contributed by atoms with Gasteiger partial charge in [-0.25, -0.2) is 15.0 Å². The van der Waals surface area contributed by atoms with E-state index in [1.54, 1.807) is 0 Å². The summed E-state index contributed by atoms with van der Waals surface area (Å²) in [7, 11) is 0. The van der Waals surface area contributed by atoms with Crippen molar-refractivity contribution in [3.8, 4) is 11.3 Å². The van der Waals surface area contributed by atoms with E-state index in [4.69, 9.17) is 26.7 Å². The zero-order valence-electron chi connectivity index (χ0n) is 20.2. The van der Waals surface area contributed by atoms with Crippen molar-refractivity contribution in [1.29, 1.82) is 0 Å². The third-order valence-electron chi connectivity index (χ3n) is 6.74. The molecule has 0 saturated carbocycles. The summed E-state index contributed by atoms with van der Waals surface area (Å²) in [4.78, 5) is 10.1. The van der Waals surface area contributed by atoms with Gasteiger partial charge in [0.1, 0.15) is 0 Å². The average Bonchev–Trinajstić information content (AvgIpc) is 3.34. The van der Waals surface area contributed by atoms with Gasteiger partial charge >= 0.3 is 0 Å². The van der Waals surface area contributed by atoms with E-state index in [-0.39, 0.29) is 6.04 Å². The first-order valence-corrected chi connectivity index (χ1v) is 12.5. The number of halogens is 1. The van der Waals surface area contributed by atoms with Crippen molar-refractivity contribution < 1.29 is 0 Å². The van der Waals surface area contributed by atoms with Gasteiger partial charge in [0.15, 0.2) is 0 Å². The second-order valence-corrected chi connectivity index (χ2v) is 9.67. The van der Waals surface area contributed by atoms with E-state index in [1.807, 2.05) is 41.4 Å². The van der Waals surface area contributed by atoms with Crippen LogP contribution in [-0.4, -0.2) is 15.7 Å². The smallest absolute Gasteiger partial charge is 0.223 e. The van der Waals surface area contributed by atoms with E-state index < -0.39 is 0 Å². The zero-order valence-corrected chi connectivity index (χ0v) is 20.9. The highest BCUT2D eigenvalue weighted by Gasteiger charge is 2.33. The number of benzene rings is 4. The summed E-state index contributed by atoms with van der Waals surface area (Å²) < 4.78 is 0. The van der Waals surface area contributed by atoms with Gasteiger partial charge in [-0.2, -0.15) is 5.10 Å². The Bertz CT molecular complexity index is 1590. The lowest BCUT2D eigenvalue weighted by Crippen LogP contribution is -2.22. The Labute approximate surface area is 215 Å². The highest BCUT2D eigenvalue weighted by molar-refractivity contribution is 6.31. The number of rotatable bonds is 4. The van der Waals surface area contributed by atoms with Crippen molar-refractivity contribution in [2.45, 2.75) is 26.3 Å². The monoisotopic (exact) mass is 488 g/mol. The van der Waals surface area contributed by atoms with Crippen LogP contribution in [0.4, 0.5) is 5.95 Å². The molecular formula is C31H25ClN4. The summed E-state index contributed by atoms with van der Waals surface area (Å²) in [6, 6.07) is 33.0. The molecule has 1 aromatic heterocycles. The number of aryl methyl sites for hydroxylation is 2. The molecule has 0 fully saturated rings. The van der Waals surface area contributed by atoms with E-state index in [9.17, 15) is 0 Å². The van der Waals surface area contributed by atoms with Crippen molar-refractivity contribution >= 4 is 34.2 Å². The van der Waals surface area contributed by atoms with Crippen LogP contribution < -0.4 is 5.01 Å². The summed E-state index contributed by atoms with van der Waals surface area (Å²) in [5.41, 5.74) is 8.54. The Morgan fingerprint density at radius 3 is 2.31 bits per heavy atom. The van der Waals surface area contributed by atoms with Gasteiger partial charge < -0.3 is 0 Å². The largest absolute Gasteiger partial charge is 0.247 e. The van der Waals surface area contributed by atoms with Gasteiger partial charge in [-0.1, -0.05) is 96.0 Å². The molecule has 0 radical (unpaired) electrons. The molecule has 0 saturated heterocycles. The molecule has 4 aromatic carbocycles. The number of hydrogen-bond acceptors (Lipinski definition) is 4. The van der Waals surface area contributed by atoms with E-state index in [1.165, 1.54) is 16.7 Å². The lowest BCUT2D eigenvalue weighted by atomic mass is 9.95. The Morgan fingerprint density at radius 2 is 1.53 bits per heavy atom. The van der Waals surface area contributed by atoms with Crippen LogP contribution in [0.3, 0.4) is 0 Å². The van der Waals surface area contributed by atoms with Gasteiger partial charge in [-0.05, 0) is 48.7 Å². The maximum Gasteiger partial charge on any atom is 0.247 e.